The van der Waals surface area contributed by atoms with E-state index in [1.54, 1.807) is 0 Å². The highest BCUT2D eigenvalue weighted by Crippen LogP contribution is 2.33. The van der Waals surface area contributed by atoms with Crippen molar-refractivity contribution in [3.05, 3.63) is 0 Å². The van der Waals surface area contributed by atoms with E-state index in [1.165, 1.54) is 25.7 Å². The van der Waals surface area contributed by atoms with Crippen LogP contribution in [0.5, 0.6) is 0 Å². The van der Waals surface area contributed by atoms with Crippen molar-refractivity contribution in [2.75, 3.05) is 0 Å². The molecular formula is C10H21N. The molecule has 0 aromatic carbocycles. The summed E-state index contributed by atoms with van der Waals surface area (Å²) in [6.45, 7) is 6.93. The van der Waals surface area contributed by atoms with Crippen molar-refractivity contribution < 1.29 is 0 Å². The van der Waals surface area contributed by atoms with Crippen LogP contribution in [0.4, 0.5) is 0 Å². The zero-order valence-corrected chi connectivity index (χ0v) is 8.06. The van der Waals surface area contributed by atoms with Gasteiger partial charge in [-0.25, -0.2) is 0 Å². The van der Waals surface area contributed by atoms with Gasteiger partial charge in [0.25, 0.3) is 0 Å². The normalized spacial score (nSPS) is 31.6. The molecule has 1 rings (SSSR count). The molecule has 1 fully saturated rings. The molecular weight excluding hydrogens is 134 g/mol. The zero-order valence-electron chi connectivity index (χ0n) is 8.06. The van der Waals surface area contributed by atoms with Gasteiger partial charge in [-0.2, -0.15) is 0 Å². The molecule has 0 bridgehead atoms. The van der Waals surface area contributed by atoms with Crippen LogP contribution in [-0.2, 0) is 0 Å². The van der Waals surface area contributed by atoms with Crippen LogP contribution >= 0.6 is 0 Å². The molecule has 0 aliphatic heterocycles. The fourth-order valence-electron chi connectivity index (χ4n) is 1.66. The van der Waals surface area contributed by atoms with Gasteiger partial charge >= 0.3 is 0 Å². The van der Waals surface area contributed by atoms with Crippen molar-refractivity contribution in [3.63, 3.8) is 0 Å². The predicted molar refractivity (Wildman–Crippen MR) is 49.4 cm³/mol. The van der Waals surface area contributed by atoms with Gasteiger partial charge in [-0.05, 0) is 37.0 Å². The Hall–Kier alpha value is -0.0400. The van der Waals surface area contributed by atoms with E-state index >= 15 is 0 Å². The molecule has 0 aromatic rings. The van der Waals surface area contributed by atoms with Gasteiger partial charge in [-0.3, -0.25) is 0 Å². The van der Waals surface area contributed by atoms with Crippen molar-refractivity contribution in [2.45, 2.75) is 52.5 Å². The fraction of sp³-hybridized carbons (Fsp3) is 1.00. The molecule has 0 aromatic heterocycles. The lowest BCUT2D eigenvalue weighted by Crippen LogP contribution is -2.36. The molecule has 0 radical (unpaired) electrons. The molecule has 0 amide bonds. The first kappa shape index (κ1) is 9.05. The largest absolute Gasteiger partial charge is 0.328 e. The minimum absolute atomic E-state index is 0.514. The van der Waals surface area contributed by atoms with Crippen molar-refractivity contribution >= 4 is 0 Å². The van der Waals surface area contributed by atoms with Crippen LogP contribution in [0.15, 0.2) is 0 Å². The van der Waals surface area contributed by atoms with E-state index in [2.05, 4.69) is 20.8 Å². The molecule has 66 valence electrons. The SMILES string of the molecule is CC(C)(C)CCC1CC(N)C1. The van der Waals surface area contributed by atoms with E-state index in [0.29, 0.717) is 11.5 Å². The second kappa shape index (κ2) is 3.14. The molecule has 1 nitrogen and oxygen atoms in total. The Kier molecular flexibility index (Phi) is 2.58. The fourth-order valence-corrected chi connectivity index (χ4v) is 1.66. The van der Waals surface area contributed by atoms with Crippen LogP contribution < -0.4 is 5.73 Å². The van der Waals surface area contributed by atoms with Gasteiger partial charge in [0.05, 0.1) is 0 Å². The molecule has 1 heteroatoms. The summed E-state index contributed by atoms with van der Waals surface area (Å²) in [6, 6.07) is 0.528. The number of hydrogen-bond donors (Lipinski definition) is 1. The van der Waals surface area contributed by atoms with Gasteiger partial charge < -0.3 is 5.73 Å². The summed E-state index contributed by atoms with van der Waals surface area (Å²) >= 11 is 0. The lowest BCUT2D eigenvalue weighted by Gasteiger charge is -2.34. The maximum Gasteiger partial charge on any atom is 0.00441 e. The van der Waals surface area contributed by atoms with Gasteiger partial charge in [0.2, 0.25) is 0 Å². The smallest absolute Gasteiger partial charge is 0.00441 e. The van der Waals surface area contributed by atoms with Gasteiger partial charge in [0, 0.05) is 6.04 Å². The molecule has 2 N–H and O–H groups in total. The van der Waals surface area contributed by atoms with Crippen LogP contribution in [0.2, 0.25) is 0 Å². The Bertz CT molecular complexity index is 117. The van der Waals surface area contributed by atoms with Crippen LogP contribution in [0.1, 0.15) is 46.5 Å². The van der Waals surface area contributed by atoms with Crippen LogP contribution in [0.3, 0.4) is 0 Å². The first-order chi connectivity index (χ1) is 4.97. The monoisotopic (exact) mass is 155 g/mol. The average molecular weight is 155 g/mol. The van der Waals surface area contributed by atoms with E-state index in [0.717, 1.165) is 5.92 Å². The Balaban J connectivity index is 2.05. The average Bonchev–Trinajstić information content (AvgIpc) is 1.75. The molecule has 0 unspecified atom stereocenters. The van der Waals surface area contributed by atoms with Crippen LogP contribution in [-0.4, -0.2) is 6.04 Å². The molecule has 0 heterocycles. The predicted octanol–water partition coefficient (Wildman–Crippen LogP) is 2.55. The van der Waals surface area contributed by atoms with E-state index in [1.807, 2.05) is 0 Å². The van der Waals surface area contributed by atoms with E-state index in [-0.39, 0.29) is 0 Å². The molecule has 1 saturated carbocycles. The minimum atomic E-state index is 0.514. The number of nitrogens with two attached hydrogens (primary N) is 1. The summed E-state index contributed by atoms with van der Waals surface area (Å²) in [5.41, 5.74) is 6.22. The van der Waals surface area contributed by atoms with Gasteiger partial charge in [0.15, 0.2) is 0 Å². The summed E-state index contributed by atoms with van der Waals surface area (Å²) in [5.74, 6) is 0.948. The number of hydrogen-bond acceptors (Lipinski definition) is 1. The molecule has 0 saturated heterocycles. The van der Waals surface area contributed by atoms with Gasteiger partial charge in [0.1, 0.15) is 0 Å². The number of rotatable bonds is 2. The first-order valence-corrected chi connectivity index (χ1v) is 4.73. The summed E-state index contributed by atoms with van der Waals surface area (Å²) < 4.78 is 0. The Morgan fingerprint density at radius 2 is 1.82 bits per heavy atom. The maximum atomic E-state index is 5.71. The second-order valence-electron chi connectivity index (χ2n) is 5.20. The lowest BCUT2D eigenvalue weighted by atomic mass is 9.75. The molecule has 0 atom stereocenters. The maximum absolute atomic E-state index is 5.71. The van der Waals surface area contributed by atoms with Crippen molar-refractivity contribution in [2.24, 2.45) is 17.1 Å². The molecule has 0 spiro atoms. The topological polar surface area (TPSA) is 26.0 Å². The van der Waals surface area contributed by atoms with Gasteiger partial charge in [-0.1, -0.05) is 20.8 Å². The third-order valence-corrected chi connectivity index (χ3v) is 2.57. The lowest BCUT2D eigenvalue weighted by molar-refractivity contribution is 0.214. The van der Waals surface area contributed by atoms with E-state index in [4.69, 9.17) is 5.73 Å². The highest BCUT2D eigenvalue weighted by atomic mass is 14.7. The Morgan fingerprint density at radius 3 is 2.18 bits per heavy atom. The zero-order chi connectivity index (χ0) is 8.48. The molecule has 11 heavy (non-hydrogen) atoms. The van der Waals surface area contributed by atoms with Crippen molar-refractivity contribution in [1.29, 1.82) is 0 Å². The summed E-state index contributed by atoms with van der Waals surface area (Å²) in [6.07, 6.45) is 5.29. The highest BCUT2D eigenvalue weighted by molar-refractivity contribution is 4.82. The Morgan fingerprint density at radius 1 is 1.27 bits per heavy atom. The minimum Gasteiger partial charge on any atom is -0.328 e. The third kappa shape index (κ3) is 3.24. The van der Waals surface area contributed by atoms with Crippen LogP contribution in [0, 0.1) is 11.3 Å². The van der Waals surface area contributed by atoms with Crippen LogP contribution in [0.25, 0.3) is 0 Å². The van der Waals surface area contributed by atoms with Gasteiger partial charge in [-0.15, -0.1) is 0 Å². The van der Waals surface area contributed by atoms with E-state index in [9.17, 15) is 0 Å². The van der Waals surface area contributed by atoms with Crippen molar-refractivity contribution in [1.82, 2.24) is 0 Å². The standard InChI is InChI=1S/C10H21N/c1-10(2,3)5-4-8-6-9(11)7-8/h8-9H,4-7,11H2,1-3H3. The summed E-state index contributed by atoms with van der Waals surface area (Å²) in [7, 11) is 0. The quantitative estimate of drug-likeness (QED) is 0.651. The molecule has 1 aliphatic rings. The highest BCUT2D eigenvalue weighted by Gasteiger charge is 2.26. The summed E-state index contributed by atoms with van der Waals surface area (Å²) in [4.78, 5) is 0. The second-order valence-corrected chi connectivity index (χ2v) is 5.20. The van der Waals surface area contributed by atoms with E-state index < -0.39 is 0 Å². The Labute approximate surface area is 70.4 Å². The first-order valence-electron chi connectivity index (χ1n) is 4.73. The third-order valence-electron chi connectivity index (χ3n) is 2.57. The molecule has 1 aliphatic carbocycles. The summed E-state index contributed by atoms with van der Waals surface area (Å²) in [5, 5.41) is 0. The van der Waals surface area contributed by atoms with Crippen molar-refractivity contribution in [3.8, 4) is 0 Å².